The van der Waals surface area contributed by atoms with Gasteiger partial charge in [-0.3, -0.25) is 4.79 Å². The molecule has 0 amide bonds. The first-order valence-electron chi connectivity index (χ1n) is 14.6. The molecule has 4 rings (SSSR count). The average Bonchev–Trinajstić information content (AvgIpc) is 3.61. The smallest absolute Gasteiger partial charge is 0.283 e. The summed E-state index contributed by atoms with van der Waals surface area (Å²) >= 11 is 0. The zero-order valence-corrected chi connectivity index (χ0v) is 25.1. The fourth-order valence-electron chi connectivity index (χ4n) is 5.95. The Hall–Kier alpha value is -3.07. The Morgan fingerprint density at radius 1 is 1.29 bits per heavy atom. The fraction of sp³-hybridized carbons (Fsp3) is 0.594. The van der Waals surface area contributed by atoms with E-state index in [1.54, 1.807) is 12.1 Å². The van der Waals surface area contributed by atoms with Crippen molar-refractivity contribution in [1.29, 1.82) is 0 Å². The second-order valence-electron chi connectivity index (χ2n) is 12.2. The molecule has 0 bridgehead atoms. The highest BCUT2D eigenvalue weighted by molar-refractivity contribution is 5.98. The first-order chi connectivity index (χ1) is 19.5. The molecule has 2 fully saturated rings. The quantitative estimate of drug-likeness (QED) is 0.143. The number of nitrogens with one attached hydrogen (secondary N) is 1. The van der Waals surface area contributed by atoms with Crippen LogP contribution in [-0.4, -0.2) is 54.5 Å². The number of rotatable bonds is 14. The molecule has 41 heavy (non-hydrogen) atoms. The van der Waals surface area contributed by atoms with Gasteiger partial charge in [-0.2, -0.15) is 4.98 Å². The Morgan fingerprint density at radius 3 is 2.78 bits per heavy atom. The van der Waals surface area contributed by atoms with E-state index in [1.807, 2.05) is 21.0 Å². The van der Waals surface area contributed by atoms with Crippen LogP contribution < -0.4 is 14.8 Å². The van der Waals surface area contributed by atoms with Crippen molar-refractivity contribution in [1.82, 2.24) is 14.9 Å². The number of benzene rings is 1. The number of methoxy groups -OCH3 is 1. The van der Waals surface area contributed by atoms with Gasteiger partial charge in [0, 0.05) is 30.5 Å². The summed E-state index contributed by atoms with van der Waals surface area (Å²) in [5.41, 5.74) is 1.79. The van der Waals surface area contributed by atoms with Gasteiger partial charge in [-0.1, -0.05) is 19.4 Å². The summed E-state index contributed by atoms with van der Waals surface area (Å²) in [4.78, 5) is 23.7. The summed E-state index contributed by atoms with van der Waals surface area (Å²) in [5, 5.41) is 3.12. The third-order valence-electron chi connectivity index (χ3n) is 8.52. The molecule has 7 nitrogen and oxygen atoms in total. The van der Waals surface area contributed by atoms with Gasteiger partial charge in [0.25, 0.3) is 5.92 Å². The Bertz CT molecular complexity index is 1250. The molecule has 0 radical (unpaired) electrons. The minimum Gasteiger partial charge on any atom is -0.495 e. The summed E-state index contributed by atoms with van der Waals surface area (Å²) < 4.78 is 42.2. The van der Waals surface area contributed by atoms with Crippen LogP contribution in [0.25, 0.3) is 0 Å². The van der Waals surface area contributed by atoms with Crippen molar-refractivity contribution in [2.24, 2.45) is 11.3 Å². The standard InChI is InChI=1S/C32H44F2N4O3/c1-7-14-32(33,34)24-20-35-30(37-29(24)41-27-13-8-10-15-31(3)19-23(27)31)36-25-17-21(2)22(18-28(25)40-6)26(39)12-9-11-16-38(4)5/h7,17-18,20,23,27H,1,8-16,19H2,2-6H3,(H,35,36,37)/t23-,27+,31-/m0/s1. The summed E-state index contributed by atoms with van der Waals surface area (Å²) in [6.07, 6.45) is 8.96. The van der Waals surface area contributed by atoms with Crippen molar-refractivity contribution in [3.63, 3.8) is 0 Å². The van der Waals surface area contributed by atoms with Crippen LogP contribution in [0.4, 0.5) is 20.4 Å². The number of alkyl halides is 2. The largest absolute Gasteiger partial charge is 0.495 e. The molecule has 2 aliphatic rings. The normalized spacial score (nSPS) is 22.0. The number of fused-ring (bicyclic) bond motifs is 1. The molecule has 0 saturated heterocycles. The number of nitrogens with zero attached hydrogens (tertiary/aromatic N) is 3. The predicted molar refractivity (Wildman–Crippen MR) is 158 cm³/mol. The topological polar surface area (TPSA) is 76.6 Å². The van der Waals surface area contributed by atoms with Gasteiger partial charge in [-0.05, 0) is 89.2 Å². The molecule has 1 aromatic carbocycles. The zero-order chi connectivity index (χ0) is 29.8. The van der Waals surface area contributed by atoms with E-state index >= 15 is 8.78 Å². The Labute approximate surface area is 242 Å². The molecular formula is C32H44F2N4O3. The first-order valence-corrected chi connectivity index (χ1v) is 14.6. The minimum absolute atomic E-state index is 0.0577. The lowest BCUT2D eigenvalue weighted by molar-refractivity contribution is -0.00664. The van der Waals surface area contributed by atoms with E-state index < -0.39 is 12.3 Å². The molecule has 3 atom stereocenters. The van der Waals surface area contributed by atoms with E-state index in [0.717, 1.165) is 63.3 Å². The molecular weight excluding hydrogens is 526 g/mol. The van der Waals surface area contributed by atoms with E-state index in [-0.39, 0.29) is 34.7 Å². The maximum Gasteiger partial charge on any atom is 0.283 e. The third kappa shape index (κ3) is 7.42. The summed E-state index contributed by atoms with van der Waals surface area (Å²) in [5.74, 6) is -2.36. The number of halogens is 2. The Kier molecular flexibility index (Phi) is 9.67. The maximum atomic E-state index is 15.1. The molecule has 0 unspecified atom stereocenters. The Morgan fingerprint density at radius 2 is 2.07 bits per heavy atom. The van der Waals surface area contributed by atoms with Gasteiger partial charge in [-0.15, -0.1) is 6.58 Å². The van der Waals surface area contributed by atoms with E-state index in [9.17, 15) is 4.79 Å². The number of ether oxygens (including phenoxy) is 2. The average molecular weight is 571 g/mol. The van der Waals surface area contributed by atoms with Crippen molar-refractivity contribution < 1.29 is 23.0 Å². The lowest BCUT2D eigenvalue weighted by Crippen LogP contribution is -2.24. The van der Waals surface area contributed by atoms with E-state index in [2.05, 4.69) is 33.7 Å². The van der Waals surface area contributed by atoms with Crippen LogP contribution in [0.3, 0.4) is 0 Å². The number of hydrogen-bond donors (Lipinski definition) is 1. The monoisotopic (exact) mass is 570 g/mol. The van der Waals surface area contributed by atoms with Crippen molar-refractivity contribution in [2.45, 2.75) is 83.7 Å². The van der Waals surface area contributed by atoms with E-state index in [0.29, 0.717) is 29.3 Å². The molecule has 1 aromatic heterocycles. The summed E-state index contributed by atoms with van der Waals surface area (Å²) in [6.45, 7) is 8.55. The number of carbonyl (C=O) groups excluding carboxylic acids is 1. The van der Waals surface area contributed by atoms with Crippen LogP contribution >= 0.6 is 0 Å². The van der Waals surface area contributed by atoms with Crippen LogP contribution in [0.15, 0.2) is 31.0 Å². The number of hydrogen-bond acceptors (Lipinski definition) is 7. The van der Waals surface area contributed by atoms with Gasteiger partial charge in [0.05, 0.1) is 12.8 Å². The van der Waals surface area contributed by atoms with Gasteiger partial charge in [0.2, 0.25) is 11.8 Å². The summed E-state index contributed by atoms with van der Waals surface area (Å²) in [7, 11) is 5.55. The van der Waals surface area contributed by atoms with Crippen molar-refractivity contribution in [2.75, 3.05) is 33.1 Å². The molecule has 1 N–H and O–H groups in total. The highest BCUT2D eigenvalue weighted by atomic mass is 19.3. The predicted octanol–water partition coefficient (Wildman–Crippen LogP) is 7.47. The van der Waals surface area contributed by atoms with Crippen molar-refractivity contribution in [3.8, 4) is 11.6 Å². The van der Waals surface area contributed by atoms with E-state index in [1.165, 1.54) is 13.2 Å². The lowest BCUT2D eigenvalue weighted by Gasteiger charge is -2.23. The number of ketones is 1. The fourth-order valence-corrected chi connectivity index (χ4v) is 5.95. The number of aryl methyl sites for hydroxylation is 1. The number of allylic oxidation sites excluding steroid dienone is 1. The van der Waals surface area contributed by atoms with Gasteiger partial charge in [-0.25, -0.2) is 13.8 Å². The number of unbranched alkanes of at least 4 members (excludes halogenated alkanes) is 1. The highest BCUT2D eigenvalue weighted by Crippen LogP contribution is 2.60. The van der Waals surface area contributed by atoms with Crippen LogP contribution in [0.2, 0.25) is 0 Å². The molecule has 2 aliphatic carbocycles. The highest BCUT2D eigenvalue weighted by Gasteiger charge is 2.55. The van der Waals surface area contributed by atoms with E-state index in [4.69, 9.17) is 9.47 Å². The maximum absolute atomic E-state index is 15.1. The van der Waals surface area contributed by atoms with Gasteiger partial charge < -0.3 is 19.7 Å². The summed E-state index contributed by atoms with van der Waals surface area (Å²) in [6, 6.07) is 3.52. The number of Topliss-reactive ketones (excluding diaryl/α,β-unsaturated/α-hetero) is 1. The molecule has 224 valence electrons. The van der Waals surface area contributed by atoms with Gasteiger partial charge >= 0.3 is 0 Å². The van der Waals surface area contributed by atoms with Crippen LogP contribution in [0.1, 0.15) is 86.2 Å². The second kappa shape index (κ2) is 12.8. The SMILES string of the molecule is C=CCC(F)(F)c1cnc(Nc2cc(C)c(C(=O)CCCCN(C)C)cc2OC)nc1O[C@@H]1CCCC[C@@]2(C)C[C@@H]12. The van der Waals surface area contributed by atoms with Crippen LogP contribution in [0.5, 0.6) is 11.6 Å². The Balaban J connectivity index is 1.58. The molecule has 9 heteroatoms. The first kappa shape index (κ1) is 30.9. The second-order valence-corrected chi connectivity index (χ2v) is 12.2. The lowest BCUT2D eigenvalue weighted by atomic mass is 9.99. The molecule has 2 saturated carbocycles. The molecule has 1 heterocycles. The number of anilines is 2. The van der Waals surface area contributed by atoms with Gasteiger partial charge in [0.1, 0.15) is 17.4 Å². The van der Waals surface area contributed by atoms with Crippen LogP contribution in [-0.2, 0) is 5.92 Å². The van der Waals surface area contributed by atoms with Crippen LogP contribution in [0, 0.1) is 18.3 Å². The minimum atomic E-state index is -3.21. The molecule has 0 aliphatic heterocycles. The van der Waals surface area contributed by atoms with Crippen molar-refractivity contribution in [3.05, 3.63) is 47.7 Å². The number of aromatic nitrogens is 2. The molecule has 0 spiro atoms. The number of carbonyl (C=O) groups is 1. The zero-order valence-electron chi connectivity index (χ0n) is 25.1. The third-order valence-corrected chi connectivity index (χ3v) is 8.52. The molecule has 2 aromatic rings. The van der Waals surface area contributed by atoms with Crippen molar-refractivity contribution >= 4 is 17.4 Å². The van der Waals surface area contributed by atoms with Gasteiger partial charge in [0.15, 0.2) is 5.78 Å².